The number of nitrogens with zero attached hydrogens (tertiary/aromatic N) is 2. The third-order valence-electron chi connectivity index (χ3n) is 3.97. The van der Waals surface area contributed by atoms with Crippen LogP contribution in [0.1, 0.15) is 24.1 Å². The molecule has 0 aliphatic carbocycles. The van der Waals surface area contributed by atoms with E-state index >= 15 is 0 Å². The minimum atomic E-state index is -0.425. The lowest BCUT2D eigenvalue weighted by Crippen LogP contribution is -2.09. The second kappa shape index (κ2) is 6.04. The Balaban J connectivity index is 2.11. The molecule has 5 heteroatoms. The van der Waals surface area contributed by atoms with Gasteiger partial charge in [-0.05, 0) is 18.1 Å². The number of anilines is 1. The molecule has 0 fully saturated rings. The Kier molecular flexibility index (Phi) is 3.93. The standard InChI is InChI=1S/C18H17N3O2/c1-12(11-13-7-3-2-4-8-13)17-18(21(22)23)16(19)14-9-5-6-10-15(14)20-17/h2-10,12H,11H2,1H3,(H2,19,20)/t12-/m1/s1. The molecule has 2 aromatic carbocycles. The van der Waals surface area contributed by atoms with Gasteiger partial charge in [0.1, 0.15) is 11.4 Å². The third-order valence-corrected chi connectivity index (χ3v) is 3.97. The molecule has 0 radical (unpaired) electrons. The number of nitrogen functional groups attached to an aromatic ring is 1. The Morgan fingerprint density at radius 3 is 2.48 bits per heavy atom. The van der Waals surface area contributed by atoms with Crippen molar-refractivity contribution in [2.75, 3.05) is 5.73 Å². The van der Waals surface area contributed by atoms with Gasteiger partial charge in [0.25, 0.3) is 0 Å². The van der Waals surface area contributed by atoms with Crippen LogP contribution in [0.5, 0.6) is 0 Å². The van der Waals surface area contributed by atoms with Crippen LogP contribution in [0.3, 0.4) is 0 Å². The van der Waals surface area contributed by atoms with Crippen LogP contribution in [-0.2, 0) is 6.42 Å². The van der Waals surface area contributed by atoms with Gasteiger partial charge in [-0.1, -0.05) is 55.5 Å². The number of hydrogen-bond acceptors (Lipinski definition) is 4. The number of pyridine rings is 1. The first-order valence-corrected chi connectivity index (χ1v) is 7.44. The van der Waals surface area contributed by atoms with Crippen molar-refractivity contribution in [3.63, 3.8) is 0 Å². The predicted molar refractivity (Wildman–Crippen MR) is 91.4 cm³/mol. The zero-order chi connectivity index (χ0) is 16.4. The molecule has 3 rings (SSSR count). The lowest BCUT2D eigenvalue weighted by Gasteiger charge is -2.14. The maximum atomic E-state index is 11.5. The summed E-state index contributed by atoms with van der Waals surface area (Å²) in [6.07, 6.45) is 0.673. The second-order valence-electron chi connectivity index (χ2n) is 5.62. The predicted octanol–water partition coefficient (Wildman–Crippen LogP) is 4.07. The molecular formula is C18H17N3O2. The number of para-hydroxylation sites is 1. The van der Waals surface area contributed by atoms with Crippen LogP contribution in [0, 0.1) is 10.1 Å². The van der Waals surface area contributed by atoms with Gasteiger partial charge in [-0.2, -0.15) is 0 Å². The summed E-state index contributed by atoms with van der Waals surface area (Å²) in [5.74, 6) is -0.107. The summed E-state index contributed by atoms with van der Waals surface area (Å²) >= 11 is 0. The summed E-state index contributed by atoms with van der Waals surface area (Å²) < 4.78 is 0. The Labute approximate surface area is 133 Å². The van der Waals surface area contributed by atoms with Gasteiger partial charge >= 0.3 is 5.69 Å². The fraction of sp³-hybridized carbons (Fsp3) is 0.167. The van der Waals surface area contributed by atoms with E-state index in [9.17, 15) is 10.1 Å². The van der Waals surface area contributed by atoms with E-state index in [-0.39, 0.29) is 17.3 Å². The maximum absolute atomic E-state index is 11.5. The molecule has 0 bridgehead atoms. The summed E-state index contributed by atoms with van der Waals surface area (Å²) in [7, 11) is 0. The molecule has 0 spiro atoms. The van der Waals surface area contributed by atoms with Crippen LogP contribution >= 0.6 is 0 Å². The summed E-state index contributed by atoms with van der Waals surface area (Å²) in [5.41, 5.74) is 8.42. The SMILES string of the molecule is C[C@H](Cc1ccccc1)c1nc2ccccc2c(N)c1[N+](=O)[O-]. The van der Waals surface area contributed by atoms with Crippen LogP contribution in [0.25, 0.3) is 10.9 Å². The lowest BCUT2D eigenvalue weighted by atomic mass is 9.95. The van der Waals surface area contributed by atoms with Crippen molar-refractivity contribution in [2.45, 2.75) is 19.3 Å². The van der Waals surface area contributed by atoms with Crippen molar-refractivity contribution in [2.24, 2.45) is 0 Å². The highest BCUT2D eigenvalue weighted by Gasteiger charge is 2.26. The molecule has 1 atom stereocenters. The monoisotopic (exact) mass is 307 g/mol. The smallest absolute Gasteiger partial charge is 0.314 e. The van der Waals surface area contributed by atoms with E-state index in [2.05, 4.69) is 4.98 Å². The summed E-state index contributed by atoms with van der Waals surface area (Å²) in [4.78, 5) is 15.6. The molecule has 1 heterocycles. The molecule has 2 N–H and O–H groups in total. The van der Waals surface area contributed by atoms with Crippen molar-refractivity contribution in [3.8, 4) is 0 Å². The fourth-order valence-corrected chi connectivity index (χ4v) is 2.85. The molecule has 0 unspecified atom stereocenters. The van der Waals surface area contributed by atoms with E-state index in [1.165, 1.54) is 0 Å². The van der Waals surface area contributed by atoms with E-state index < -0.39 is 4.92 Å². The first kappa shape index (κ1) is 15.0. The molecule has 0 saturated heterocycles. The third kappa shape index (κ3) is 2.85. The molecular weight excluding hydrogens is 290 g/mol. The normalized spacial score (nSPS) is 12.2. The molecule has 3 aromatic rings. The highest BCUT2D eigenvalue weighted by atomic mass is 16.6. The average Bonchev–Trinajstić information content (AvgIpc) is 2.55. The number of benzene rings is 2. The Morgan fingerprint density at radius 2 is 1.78 bits per heavy atom. The fourth-order valence-electron chi connectivity index (χ4n) is 2.85. The van der Waals surface area contributed by atoms with Crippen LogP contribution in [0.15, 0.2) is 54.6 Å². The lowest BCUT2D eigenvalue weighted by molar-refractivity contribution is -0.385. The molecule has 1 aromatic heterocycles. The molecule has 0 aliphatic rings. The van der Waals surface area contributed by atoms with E-state index in [0.29, 0.717) is 23.0 Å². The van der Waals surface area contributed by atoms with Gasteiger partial charge in [0.05, 0.1) is 10.4 Å². The minimum Gasteiger partial charge on any atom is -0.393 e. The minimum absolute atomic E-state index is 0.0767. The van der Waals surface area contributed by atoms with Gasteiger partial charge in [0, 0.05) is 11.3 Å². The Morgan fingerprint density at radius 1 is 1.13 bits per heavy atom. The summed E-state index contributed by atoms with van der Waals surface area (Å²) in [6.45, 7) is 1.94. The second-order valence-corrected chi connectivity index (χ2v) is 5.62. The molecule has 0 amide bonds. The van der Waals surface area contributed by atoms with Crippen LogP contribution in [-0.4, -0.2) is 9.91 Å². The molecule has 0 saturated carbocycles. The summed E-state index contributed by atoms with van der Waals surface area (Å²) in [6, 6.07) is 17.1. The van der Waals surface area contributed by atoms with Crippen molar-refractivity contribution >= 4 is 22.3 Å². The van der Waals surface area contributed by atoms with E-state index in [4.69, 9.17) is 5.73 Å². The Hall–Kier alpha value is -2.95. The first-order chi connectivity index (χ1) is 11.1. The average molecular weight is 307 g/mol. The van der Waals surface area contributed by atoms with E-state index in [1.54, 1.807) is 12.1 Å². The molecule has 23 heavy (non-hydrogen) atoms. The van der Waals surface area contributed by atoms with E-state index in [0.717, 1.165) is 5.56 Å². The quantitative estimate of drug-likeness (QED) is 0.582. The largest absolute Gasteiger partial charge is 0.393 e. The summed E-state index contributed by atoms with van der Waals surface area (Å²) in [5, 5.41) is 12.1. The van der Waals surface area contributed by atoms with Gasteiger partial charge in [0.2, 0.25) is 0 Å². The molecule has 0 aliphatic heterocycles. The highest BCUT2D eigenvalue weighted by Crippen LogP contribution is 2.36. The number of rotatable bonds is 4. The van der Waals surface area contributed by atoms with Gasteiger partial charge in [0.15, 0.2) is 0 Å². The number of nitro groups is 1. The van der Waals surface area contributed by atoms with Crippen LogP contribution in [0.2, 0.25) is 0 Å². The zero-order valence-corrected chi connectivity index (χ0v) is 12.8. The number of aromatic nitrogens is 1. The first-order valence-electron chi connectivity index (χ1n) is 7.44. The van der Waals surface area contributed by atoms with Crippen LogP contribution in [0.4, 0.5) is 11.4 Å². The van der Waals surface area contributed by atoms with Gasteiger partial charge in [-0.15, -0.1) is 0 Å². The van der Waals surface area contributed by atoms with Crippen LogP contribution < -0.4 is 5.73 Å². The highest BCUT2D eigenvalue weighted by molar-refractivity contribution is 5.95. The van der Waals surface area contributed by atoms with Gasteiger partial charge < -0.3 is 5.73 Å². The van der Waals surface area contributed by atoms with Crippen molar-refractivity contribution < 1.29 is 4.92 Å². The van der Waals surface area contributed by atoms with Crippen molar-refractivity contribution in [1.29, 1.82) is 0 Å². The maximum Gasteiger partial charge on any atom is 0.314 e. The molecule has 116 valence electrons. The topological polar surface area (TPSA) is 82.0 Å². The van der Waals surface area contributed by atoms with E-state index in [1.807, 2.05) is 49.4 Å². The number of fused-ring (bicyclic) bond motifs is 1. The molecule has 5 nitrogen and oxygen atoms in total. The Bertz CT molecular complexity index is 863. The zero-order valence-electron chi connectivity index (χ0n) is 12.8. The van der Waals surface area contributed by atoms with Gasteiger partial charge in [-0.3, -0.25) is 10.1 Å². The van der Waals surface area contributed by atoms with Crippen molar-refractivity contribution in [3.05, 3.63) is 76.0 Å². The number of nitrogens with two attached hydrogens (primary N) is 1. The van der Waals surface area contributed by atoms with Crippen molar-refractivity contribution in [1.82, 2.24) is 4.98 Å². The number of hydrogen-bond donors (Lipinski definition) is 1. The van der Waals surface area contributed by atoms with Gasteiger partial charge in [-0.25, -0.2) is 4.98 Å².